The summed E-state index contributed by atoms with van der Waals surface area (Å²) in [6.07, 6.45) is 2.53. The van der Waals surface area contributed by atoms with Crippen LogP contribution in [-0.2, 0) is 7.05 Å². The van der Waals surface area contributed by atoms with Gasteiger partial charge in [0.2, 0.25) is 6.35 Å². The molecule has 0 fully saturated rings. The van der Waals surface area contributed by atoms with Gasteiger partial charge in [-0.05, 0) is 0 Å². The lowest BCUT2D eigenvalue weighted by molar-refractivity contribution is 0.183. The van der Waals surface area contributed by atoms with Crippen molar-refractivity contribution < 1.29 is 5.11 Å². The number of imidazole rings is 1. The Morgan fingerprint density at radius 1 is 1.50 bits per heavy atom. The molecule has 12 heavy (non-hydrogen) atoms. The van der Waals surface area contributed by atoms with Crippen molar-refractivity contribution in [3.8, 4) is 0 Å². The number of aromatic nitrogens is 2. The molecule has 0 radical (unpaired) electrons. The first-order chi connectivity index (χ1) is 5.70. The van der Waals surface area contributed by atoms with E-state index in [0.29, 0.717) is 0 Å². The highest BCUT2D eigenvalue weighted by atomic mass is 16.3. The maximum atomic E-state index is 9.31. The fourth-order valence-electron chi connectivity index (χ4n) is 1.19. The van der Waals surface area contributed by atoms with E-state index >= 15 is 0 Å². The van der Waals surface area contributed by atoms with Crippen molar-refractivity contribution in [1.82, 2.24) is 9.55 Å². The molecule has 0 bridgehead atoms. The quantitative estimate of drug-likeness (QED) is 0.568. The van der Waals surface area contributed by atoms with Gasteiger partial charge in [0.05, 0.1) is 12.5 Å². The Labute approximate surface area is 70.0 Å². The molecular weight excluding hydrogens is 156 g/mol. The van der Waals surface area contributed by atoms with Gasteiger partial charge in [0, 0.05) is 14.1 Å². The van der Waals surface area contributed by atoms with Gasteiger partial charge in [-0.3, -0.25) is 0 Å². The van der Waals surface area contributed by atoms with E-state index in [-0.39, 0.29) is 0 Å². The zero-order chi connectivity index (χ0) is 8.72. The van der Waals surface area contributed by atoms with Gasteiger partial charge in [-0.1, -0.05) is 0 Å². The van der Waals surface area contributed by atoms with Crippen LogP contribution in [0.2, 0.25) is 0 Å². The number of hydrogen-bond donors (Lipinski definition) is 1. The minimum atomic E-state index is -0.799. The molecule has 0 spiro atoms. The summed E-state index contributed by atoms with van der Waals surface area (Å²) in [4.78, 5) is 9.63. The molecule has 0 saturated carbocycles. The average Bonchev–Trinajstić information content (AvgIpc) is 2.41. The molecule has 64 valence electrons. The Balaban J connectivity index is 2.53. The first-order valence-electron chi connectivity index (χ1n) is 3.65. The zero-order valence-electron chi connectivity index (χ0n) is 6.97. The number of hydrogen-bond acceptors (Lipinski definition) is 4. The fourth-order valence-corrected chi connectivity index (χ4v) is 1.19. The summed E-state index contributed by atoms with van der Waals surface area (Å²) < 4.78 is 1.86. The third-order valence-electron chi connectivity index (χ3n) is 1.97. The van der Waals surface area contributed by atoms with Crippen LogP contribution < -0.4 is 4.90 Å². The number of rotatable bonds is 0. The molecular formula is C7H10N4O. The van der Waals surface area contributed by atoms with E-state index in [9.17, 15) is 5.11 Å². The lowest BCUT2D eigenvalue weighted by Gasteiger charge is -2.23. The van der Waals surface area contributed by atoms with E-state index < -0.39 is 6.35 Å². The third-order valence-corrected chi connectivity index (χ3v) is 1.97. The lowest BCUT2D eigenvalue weighted by Crippen LogP contribution is -2.33. The van der Waals surface area contributed by atoms with Crippen LogP contribution in [0.25, 0.3) is 0 Å². The Bertz CT molecular complexity index is 330. The molecule has 1 aromatic rings. The molecule has 0 aliphatic carbocycles. The normalized spacial score (nSPS) is 21.2. The van der Waals surface area contributed by atoms with Crippen LogP contribution in [-0.4, -0.2) is 34.3 Å². The molecule has 1 aliphatic heterocycles. The van der Waals surface area contributed by atoms with E-state index in [2.05, 4.69) is 9.98 Å². The molecule has 1 N–H and O–H groups in total. The molecule has 1 atom stereocenters. The summed E-state index contributed by atoms with van der Waals surface area (Å²) in [6.45, 7) is 0. The number of nitrogens with zero attached hydrogens (tertiary/aromatic N) is 4. The van der Waals surface area contributed by atoms with Crippen molar-refractivity contribution in [3.63, 3.8) is 0 Å². The number of aliphatic hydroxyl groups excluding tert-OH is 1. The second kappa shape index (κ2) is 2.31. The smallest absolute Gasteiger partial charge is 0.226 e. The molecule has 1 aliphatic rings. The molecule has 5 nitrogen and oxygen atoms in total. The summed E-state index contributed by atoms with van der Waals surface area (Å²) in [7, 11) is 3.65. The number of aryl methyl sites for hydroxylation is 1. The summed E-state index contributed by atoms with van der Waals surface area (Å²) in [6, 6.07) is 0. The first-order valence-corrected chi connectivity index (χ1v) is 3.65. The summed E-state index contributed by atoms with van der Waals surface area (Å²) in [5, 5.41) is 9.31. The number of aliphatic hydroxyl groups is 1. The van der Waals surface area contributed by atoms with Gasteiger partial charge in [0.25, 0.3) is 0 Å². The molecule has 0 saturated heterocycles. The zero-order valence-corrected chi connectivity index (χ0v) is 6.97. The largest absolute Gasteiger partial charge is 0.355 e. The van der Waals surface area contributed by atoms with Gasteiger partial charge < -0.3 is 14.6 Å². The van der Waals surface area contributed by atoms with Crippen molar-refractivity contribution >= 4 is 12.0 Å². The fraction of sp³-hybridized carbons (Fsp3) is 0.429. The van der Waals surface area contributed by atoms with Crippen LogP contribution in [0.3, 0.4) is 0 Å². The molecule has 2 heterocycles. The molecule has 0 aromatic carbocycles. The Morgan fingerprint density at radius 2 is 2.25 bits per heavy atom. The van der Waals surface area contributed by atoms with Gasteiger partial charge in [-0.25, -0.2) is 9.98 Å². The minimum Gasteiger partial charge on any atom is -0.355 e. The van der Waals surface area contributed by atoms with E-state index in [1.807, 2.05) is 11.6 Å². The summed E-state index contributed by atoms with van der Waals surface area (Å²) in [5.41, 5.74) is 0.919. The molecule has 2 rings (SSSR count). The second-order valence-corrected chi connectivity index (χ2v) is 2.80. The highest BCUT2D eigenvalue weighted by molar-refractivity contribution is 5.86. The average molecular weight is 166 g/mol. The third kappa shape index (κ3) is 0.831. The van der Waals surface area contributed by atoms with Crippen LogP contribution >= 0.6 is 0 Å². The van der Waals surface area contributed by atoms with E-state index in [1.54, 1.807) is 24.5 Å². The Morgan fingerprint density at radius 3 is 3.00 bits per heavy atom. The molecule has 1 aromatic heterocycles. The monoisotopic (exact) mass is 166 g/mol. The second-order valence-electron chi connectivity index (χ2n) is 2.80. The van der Waals surface area contributed by atoms with Crippen molar-refractivity contribution in [3.05, 3.63) is 12.0 Å². The van der Waals surface area contributed by atoms with Gasteiger partial charge in [0.15, 0.2) is 5.82 Å². The molecule has 5 heteroatoms. The number of aliphatic imine (C=N–C) groups is 1. The number of anilines is 1. The van der Waals surface area contributed by atoms with Crippen molar-refractivity contribution in [1.29, 1.82) is 0 Å². The van der Waals surface area contributed by atoms with Crippen LogP contribution in [0.15, 0.2) is 11.3 Å². The van der Waals surface area contributed by atoms with E-state index in [0.717, 1.165) is 11.5 Å². The van der Waals surface area contributed by atoms with E-state index in [4.69, 9.17) is 0 Å². The van der Waals surface area contributed by atoms with Crippen LogP contribution in [0.4, 0.5) is 5.82 Å². The van der Waals surface area contributed by atoms with Crippen molar-refractivity contribution in [2.45, 2.75) is 6.35 Å². The topological polar surface area (TPSA) is 53.7 Å². The Kier molecular flexibility index (Phi) is 1.41. The SMILES string of the molecule is CN1c2ncn(C)c2C=NC1O. The maximum absolute atomic E-state index is 9.31. The van der Waals surface area contributed by atoms with Gasteiger partial charge in [-0.2, -0.15) is 0 Å². The highest BCUT2D eigenvalue weighted by Gasteiger charge is 2.20. The van der Waals surface area contributed by atoms with Gasteiger partial charge >= 0.3 is 0 Å². The van der Waals surface area contributed by atoms with Crippen molar-refractivity contribution in [2.24, 2.45) is 12.0 Å². The lowest BCUT2D eigenvalue weighted by atomic mass is 10.4. The molecule has 0 amide bonds. The summed E-state index contributed by atoms with van der Waals surface area (Å²) >= 11 is 0. The Hall–Kier alpha value is -1.36. The van der Waals surface area contributed by atoms with E-state index in [1.165, 1.54) is 0 Å². The van der Waals surface area contributed by atoms with Gasteiger partial charge in [-0.15, -0.1) is 0 Å². The van der Waals surface area contributed by atoms with Crippen LogP contribution in [0, 0.1) is 0 Å². The van der Waals surface area contributed by atoms with Gasteiger partial charge in [0.1, 0.15) is 5.69 Å². The van der Waals surface area contributed by atoms with Crippen molar-refractivity contribution in [2.75, 3.05) is 11.9 Å². The standard InChI is InChI=1S/C7H10N4O/c1-10-4-9-6-5(10)3-8-7(12)11(6)2/h3-4,7,12H,1-2H3. The number of fused-ring (bicyclic) bond motifs is 1. The first kappa shape index (κ1) is 7.30. The van der Waals surface area contributed by atoms with Crippen LogP contribution in [0.5, 0.6) is 0 Å². The molecule has 1 unspecified atom stereocenters. The maximum Gasteiger partial charge on any atom is 0.226 e. The predicted octanol–water partition coefficient (Wildman–Crippen LogP) is -0.435. The van der Waals surface area contributed by atoms with Crippen LogP contribution in [0.1, 0.15) is 5.69 Å². The minimum absolute atomic E-state index is 0.764. The summed E-state index contributed by atoms with van der Waals surface area (Å²) in [5.74, 6) is 0.764. The highest BCUT2D eigenvalue weighted by Crippen LogP contribution is 2.20. The predicted molar refractivity (Wildman–Crippen MR) is 45.2 cm³/mol.